The van der Waals surface area contributed by atoms with E-state index in [1.165, 1.54) is 16.2 Å². The van der Waals surface area contributed by atoms with Crippen molar-refractivity contribution in [2.24, 2.45) is 0 Å². The van der Waals surface area contributed by atoms with E-state index in [9.17, 15) is 14.7 Å². The minimum absolute atomic E-state index is 0.119. The number of aliphatic hydroxyl groups excluding tert-OH is 1. The van der Waals surface area contributed by atoms with Gasteiger partial charge >= 0.3 is 5.91 Å². The zero-order chi connectivity index (χ0) is 19.1. The van der Waals surface area contributed by atoms with Gasteiger partial charge in [0.2, 0.25) is 5.76 Å². The van der Waals surface area contributed by atoms with E-state index in [0.29, 0.717) is 10.0 Å². The maximum absolute atomic E-state index is 12.8. The lowest BCUT2D eigenvalue weighted by Gasteiger charge is -2.24. The highest BCUT2D eigenvalue weighted by molar-refractivity contribution is 7.14. The van der Waals surface area contributed by atoms with Gasteiger partial charge in [0, 0.05) is 19.7 Å². The molecule has 1 aliphatic heterocycles. The molecule has 2 amide bonds. The monoisotopic (exact) mass is 411 g/mol. The van der Waals surface area contributed by atoms with Crippen molar-refractivity contribution >= 4 is 51.4 Å². The van der Waals surface area contributed by atoms with E-state index in [2.05, 4.69) is 0 Å². The molecule has 0 saturated carbocycles. The van der Waals surface area contributed by atoms with Gasteiger partial charge in [0.25, 0.3) is 5.91 Å². The van der Waals surface area contributed by atoms with E-state index in [1.807, 2.05) is 17.5 Å². The summed E-state index contributed by atoms with van der Waals surface area (Å²) in [5.74, 6) is -1.33. The fourth-order valence-electron chi connectivity index (χ4n) is 2.94. The third-order valence-electron chi connectivity index (χ3n) is 4.41. The van der Waals surface area contributed by atoms with E-state index >= 15 is 0 Å². The quantitative estimate of drug-likeness (QED) is 0.773. The molecule has 0 spiro atoms. The SMILES string of the molecule is CN(Cc1ccc(Cl)c(Cl)c1)C(=O)C1=C(O)C(=O)[N+](C)(c2cccs2)C1. The van der Waals surface area contributed by atoms with Crippen molar-refractivity contribution in [3.8, 4) is 0 Å². The average Bonchev–Trinajstić information content (AvgIpc) is 3.22. The molecule has 2 aromatic rings. The Bertz CT molecular complexity index is 911. The van der Waals surface area contributed by atoms with Crippen LogP contribution >= 0.6 is 34.5 Å². The summed E-state index contributed by atoms with van der Waals surface area (Å²) in [6, 6.07) is 8.79. The Morgan fingerprint density at radius 2 is 2.04 bits per heavy atom. The standard InChI is InChI=1S/C18H16Cl2N2O3S/c1-21(9-11-5-6-13(19)14(20)8-11)17(24)12-10-22(2,18(25)16(12)23)15-4-3-7-26-15/h3-8H,9-10H2,1-2H3/p+1. The van der Waals surface area contributed by atoms with Gasteiger partial charge < -0.3 is 10.0 Å². The highest BCUT2D eigenvalue weighted by Gasteiger charge is 2.49. The first-order chi connectivity index (χ1) is 12.2. The Morgan fingerprint density at radius 1 is 1.31 bits per heavy atom. The largest absolute Gasteiger partial charge is 0.500 e. The summed E-state index contributed by atoms with van der Waals surface area (Å²) in [4.78, 5) is 26.8. The van der Waals surface area contributed by atoms with Crippen LogP contribution in [0.2, 0.25) is 10.0 Å². The molecule has 1 N–H and O–H groups in total. The smallest absolute Gasteiger partial charge is 0.387 e. The van der Waals surface area contributed by atoms with E-state index < -0.39 is 11.7 Å². The second-order valence-electron chi connectivity index (χ2n) is 6.34. The number of rotatable bonds is 4. The van der Waals surface area contributed by atoms with Crippen molar-refractivity contribution in [3.05, 3.63) is 62.7 Å². The topological polar surface area (TPSA) is 57.6 Å². The van der Waals surface area contributed by atoms with Crippen molar-refractivity contribution in [1.82, 2.24) is 9.38 Å². The number of thiophene rings is 1. The number of benzene rings is 1. The number of halogens is 2. The summed E-state index contributed by atoms with van der Waals surface area (Å²) in [6.45, 7) is 0.402. The van der Waals surface area contributed by atoms with Crippen molar-refractivity contribution in [2.45, 2.75) is 6.54 Å². The molecule has 0 fully saturated rings. The predicted molar refractivity (Wildman–Crippen MR) is 105 cm³/mol. The molecule has 0 bridgehead atoms. The van der Waals surface area contributed by atoms with Gasteiger partial charge in [-0.2, -0.15) is 0 Å². The molecule has 3 rings (SSSR count). The van der Waals surface area contributed by atoms with Crippen molar-refractivity contribution in [3.63, 3.8) is 0 Å². The summed E-state index contributed by atoms with van der Waals surface area (Å²) >= 11 is 13.3. The zero-order valence-corrected chi connectivity index (χ0v) is 16.5. The first kappa shape index (κ1) is 18.9. The summed E-state index contributed by atoms with van der Waals surface area (Å²) in [7, 11) is 3.31. The normalized spacial score (nSPS) is 19.9. The predicted octanol–water partition coefficient (Wildman–Crippen LogP) is 4.00. The van der Waals surface area contributed by atoms with Gasteiger partial charge in [-0.3, -0.25) is 4.79 Å². The number of nitrogens with zero attached hydrogens (tertiary/aromatic N) is 2. The Labute approximate surface area is 165 Å². The number of hydrogen-bond acceptors (Lipinski definition) is 4. The van der Waals surface area contributed by atoms with Gasteiger partial charge in [-0.15, -0.1) is 0 Å². The minimum atomic E-state index is -0.473. The van der Waals surface area contributed by atoms with E-state index in [-0.39, 0.29) is 29.1 Å². The molecule has 0 aliphatic carbocycles. The molecule has 2 heterocycles. The molecule has 5 nitrogen and oxygen atoms in total. The van der Waals surface area contributed by atoms with Gasteiger partial charge in [-0.1, -0.05) is 40.6 Å². The molecule has 26 heavy (non-hydrogen) atoms. The van der Waals surface area contributed by atoms with E-state index in [1.54, 1.807) is 32.3 Å². The van der Waals surface area contributed by atoms with E-state index in [0.717, 1.165) is 10.6 Å². The van der Waals surface area contributed by atoms with Gasteiger partial charge in [0.15, 0.2) is 5.00 Å². The third-order valence-corrected chi connectivity index (χ3v) is 6.22. The number of quaternary nitrogens is 1. The van der Waals surface area contributed by atoms with Crippen LogP contribution in [0.3, 0.4) is 0 Å². The number of hydrogen-bond donors (Lipinski definition) is 1. The number of carbonyl (C=O) groups excluding carboxylic acids is 2. The lowest BCUT2D eigenvalue weighted by molar-refractivity contribution is -0.127. The Hall–Kier alpha value is -1.86. The summed E-state index contributed by atoms with van der Waals surface area (Å²) in [5, 5.41) is 13.8. The van der Waals surface area contributed by atoms with Gasteiger partial charge in [0.05, 0.1) is 17.1 Å². The van der Waals surface area contributed by atoms with Crippen molar-refractivity contribution < 1.29 is 14.7 Å². The van der Waals surface area contributed by atoms with Crippen molar-refractivity contribution in [2.75, 3.05) is 20.6 Å². The highest BCUT2D eigenvalue weighted by atomic mass is 35.5. The first-order valence-corrected chi connectivity index (χ1v) is 9.43. The lowest BCUT2D eigenvalue weighted by Crippen LogP contribution is -2.48. The van der Waals surface area contributed by atoms with Gasteiger partial charge in [-0.25, -0.2) is 9.28 Å². The third kappa shape index (κ3) is 3.25. The van der Waals surface area contributed by atoms with Gasteiger partial charge in [-0.05, 0) is 29.1 Å². The fourth-order valence-corrected chi connectivity index (χ4v) is 4.09. The van der Waals surface area contributed by atoms with Crippen LogP contribution in [0.1, 0.15) is 5.56 Å². The molecular formula is C18H17Cl2N2O3S+. The number of aliphatic hydroxyl groups is 1. The lowest BCUT2D eigenvalue weighted by atomic mass is 10.2. The summed E-state index contributed by atoms with van der Waals surface area (Å²) in [5.41, 5.74) is 0.920. The summed E-state index contributed by atoms with van der Waals surface area (Å²) < 4.78 is -0.134. The molecule has 1 aliphatic rings. The molecule has 1 unspecified atom stereocenters. The van der Waals surface area contributed by atoms with Crippen LogP contribution in [0.5, 0.6) is 0 Å². The van der Waals surface area contributed by atoms with Crippen LogP contribution in [-0.4, -0.2) is 42.5 Å². The molecule has 0 radical (unpaired) electrons. The second-order valence-corrected chi connectivity index (χ2v) is 8.08. The highest BCUT2D eigenvalue weighted by Crippen LogP contribution is 2.35. The molecule has 136 valence electrons. The van der Waals surface area contributed by atoms with Crippen LogP contribution in [0.25, 0.3) is 0 Å². The Balaban J connectivity index is 1.80. The number of carbonyl (C=O) groups is 2. The molecular weight excluding hydrogens is 395 g/mol. The van der Waals surface area contributed by atoms with Crippen LogP contribution in [-0.2, 0) is 16.1 Å². The maximum atomic E-state index is 12.8. The molecule has 1 atom stereocenters. The molecule has 1 aromatic carbocycles. The minimum Gasteiger partial charge on any atom is -0.500 e. The second kappa shape index (κ2) is 7.04. The molecule has 1 aromatic heterocycles. The molecule has 0 saturated heterocycles. The van der Waals surface area contributed by atoms with E-state index in [4.69, 9.17) is 23.2 Å². The maximum Gasteiger partial charge on any atom is 0.387 e. The van der Waals surface area contributed by atoms with Crippen LogP contribution in [0.4, 0.5) is 5.00 Å². The van der Waals surface area contributed by atoms with Crippen LogP contribution < -0.4 is 4.48 Å². The Kier molecular flexibility index (Phi) is 5.12. The molecule has 8 heteroatoms. The zero-order valence-electron chi connectivity index (χ0n) is 14.2. The van der Waals surface area contributed by atoms with Crippen LogP contribution in [0, 0.1) is 0 Å². The average molecular weight is 412 g/mol. The fraction of sp³-hybridized carbons (Fsp3) is 0.222. The number of likely N-dealkylation sites (N-methyl/N-ethyl adjacent to an activating group) is 2. The number of amides is 2. The van der Waals surface area contributed by atoms with Crippen molar-refractivity contribution in [1.29, 1.82) is 0 Å². The first-order valence-electron chi connectivity index (χ1n) is 7.80. The Morgan fingerprint density at radius 3 is 2.65 bits per heavy atom. The van der Waals surface area contributed by atoms with Gasteiger partial charge in [0.1, 0.15) is 12.1 Å². The summed E-state index contributed by atoms with van der Waals surface area (Å²) in [6.07, 6.45) is 0. The van der Waals surface area contributed by atoms with Crippen LogP contribution in [0.15, 0.2) is 47.0 Å².